The first-order valence-electron chi connectivity index (χ1n) is 6.23. The van der Waals surface area contributed by atoms with Gasteiger partial charge >= 0.3 is 0 Å². The summed E-state index contributed by atoms with van der Waals surface area (Å²) in [5, 5.41) is 3.62. The fourth-order valence-electron chi connectivity index (χ4n) is 2.67. The maximum Gasteiger partial charge on any atom is 0.0506 e. The molecule has 82 valence electrons. The van der Waals surface area contributed by atoms with Gasteiger partial charge in [-0.05, 0) is 44.1 Å². The Kier molecular flexibility index (Phi) is 4.26. The molecule has 1 atom stereocenters. The van der Waals surface area contributed by atoms with Crippen LogP contribution in [0.3, 0.4) is 0 Å². The minimum Gasteiger partial charge on any atom is -0.381 e. The second kappa shape index (κ2) is 5.72. The molecular weight excluding hydrogens is 174 g/mol. The van der Waals surface area contributed by atoms with Crippen LogP contribution < -0.4 is 5.32 Å². The summed E-state index contributed by atoms with van der Waals surface area (Å²) in [6.07, 6.45) is 8.44. The molecule has 0 bridgehead atoms. The lowest BCUT2D eigenvalue weighted by Gasteiger charge is -2.23. The van der Waals surface area contributed by atoms with Crippen LogP contribution in [0.15, 0.2) is 0 Å². The predicted octanol–water partition coefficient (Wildman–Crippen LogP) is 2.19. The molecule has 0 radical (unpaired) electrons. The molecule has 2 heteroatoms. The Hall–Kier alpha value is -0.0800. The second-order valence-corrected chi connectivity index (χ2v) is 4.89. The summed E-state index contributed by atoms with van der Waals surface area (Å²) in [5.41, 5.74) is 0. The average molecular weight is 197 g/mol. The first-order chi connectivity index (χ1) is 6.95. The van der Waals surface area contributed by atoms with Crippen LogP contribution >= 0.6 is 0 Å². The fraction of sp³-hybridized carbons (Fsp3) is 1.00. The second-order valence-electron chi connectivity index (χ2n) is 4.89. The van der Waals surface area contributed by atoms with Crippen LogP contribution in [0, 0.1) is 11.8 Å². The van der Waals surface area contributed by atoms with Gasteiger partial charge in [0.2, 0.25) is 0 Å². The lowest BCUT2D eigenvalue weighted by molar-refractivity contribution is 0.0545. The number of ether oxygens (including phenoxy) is 1. The lowest BCUT2D eigenvalue weighted by atomic mass is 10.0. The predicted molar refractivity (Wildman–Crippen MR) is 58.4 cm³/mol. The smallest absolute Gasteiger partial charge is 0.0506 e. The summed E-state index contributed by atoms with van der Waals surface area (Å²) in [6, 6.07) is 0. The van der Waals surface area contributed by atoms with Gasteiger partial charge in [0.25, 0.3) is 0 Å². The van der Waals surface area contributed by atoms with Crippen molar-refractivity contribution in [2.24, 2.45) is 11.8 Å². The monoisotopic (exact) mass is 197 g/mol. The third-order valence-corrected chi connectivity index (χ3v) is 3.60. The fourth-order valence-corrected chi connectivity index (χ4v) is 2.67. The zero-order valence-corrected chi connectivity index (χ0v) is 9.13. The van der Waals surface area contributed by atoms with E-state index in [1.54, 1.807) is 0 Å². The van der Waals surface area contributed by atoms with E-state index in [0.717, 1.165) is 25.0 Å². The van der Waals surface area contributed by atoms with Crippen molar-refractivity contribution in [1.29, 1.82) is 0 Å². The maximum absolute atomic E-state index is 5.46. The van der Waals surface area contributed by atoms with E-state index in [4.69, 9.17) is 4.74 Å². The number of hydrogen-bond donors (Lipinski definition) is 1. The molecule has 1 aliphatic carbocycles. The third-order valence-electron chi connectivity index (χ3n) is 3.60. The van der Waals surface area contributed by atoms with Gasteiger partial charge in [-0.25, -0.2) is 0 Å². The van der Waals surface area contributed by atoms with Crippen molar-refractivity contribution in [2.75, 3.05) is 26.3 Å². The van der Waals surface area contributed by atoms with Crippen LogP contribution in [0.25, 0.3) is 0 Å². The zero-order chi connectivity index (χ0) is 9.64. The highest BCUT2D eigenvalue weighted by Crippen LogP contribution is 2.23. The highest BCUT2D eigenvalue weighted by molar-refractivity contribution is 4.71. The summed E-state index contributed by atoms with van der Waals surface area (Å²) in [5.74, 6) is 1.75. The molecule has 2 rings (SSSR count). The van der Waals surface area contributed by atoms with Crippen LogP contribution in [0.4, 0.5) is 0 Å². The Bertz CT molecular complexity index is 148. The van der Waals surface area contributed by atoms with E-state index in [9.17, 15) is 0 Å². The van der Waals surface area contributed by atoms with Crippen LogP contribution in [-0.4, -0.2) is 26.3 Å². The van der Waals surface area contributed by atoms with Gasteiger partial charge in [-0.15, -0.1) is 0 Å². The van der Waals surface area contributed by atoms with Crippen LogP contribution in [0.2, 0.25) is 0 Å². The standard InChI is InChI=1S/C12H23NO/c1-2-5-11(4-1)8-13-9-12-6-3-7-14-10-12/h11-13H,1-10H2. The van der Waals surface area contributed by atoms with Crippen molar-refractivity contribution >= 4 is 0 Å². The summed E-state index contributed by atoms with van der Waals surface area (Å²) in [7, 11) is 0. The van der Waals surface area contributed by atoms with Crippen molar-refractivity contribution < 1.29 is 4.74 Å². The summed E-state index contributed by atoms with van der Waals surface area (Å²) >= 11 is 0. The molecule has 1 aliphatic heterocycles. The van der Waals surface area contributed by atoms with Gasteiger partial charge in [-0.1, -0.05) is 12.8 Å². The molecule has 14 heavy (non-hydrogen) atoms. The normalized spacial score (nSPS) is 29.6. The molecule has 0 amide bonds. The van der Waals surface area contributed by atoms with Crippen molar-refractivity contribution in [3.8, 4) is 0 Å². The van der Waals surface area contributed by atoms with E-state index >= 15 is 0 Å². The maximum atomic E-state index is 5.46. The van der Waals surface area contributed by atoms with E-state index in [0.29, 0.717) is 0 Å². The first kappa shape index (κ1) is 10.4. The molecule has 1 heterocycles. The summed E-state index contributed by atoms with van der Waals surface area (Å²) in [6.45, 7) is 4.39. The van der Waals surface area contributed by atoms with E-state index in [-0.39, 0.29) is 0 Å². The molecule has 0 spiro atoms. The lowest BCUT2D eigenvalue weighted by Crippen LogP contribution is -2.31. The van der Waals surface area contributed by atoms with Crippen molar-refractivity contribution in [1.82, 2.24) is 5.32 Å². The van der Waals surface area contributed by atoms with Gasteiger partial charge in [-0.2, -0.15) is 0 Å². The number of rotatable bonds is 4. The molecule has 1 saturated carbocycles. The van der Waals surface area contributed by atoms with Gasteiger partial charge in [0.15, 0.2) is 0 Å². The Balaban J connectivity index is 1.52. The summed E-state index contributed by atoms with van der Waals surface area (Å²) < 4.78 is 5.46. The van der Waals surface area contributed by atoms with Gasteiger partial charge in [0, 0.05) is 13.2 Å². The molecule has 0 aromatic carbocycles. The number of nitrogens with one attached hydrogen (secondary N) is 1. The topological polar surface area (TPSA) is 21.3 Å². The molecule has 1 saturated heterocycles. The highest BCUT2D eigenvalue weighted by Gasteiger charge is 2.16. The Labute approximate surface area is 87.4 Å². The molecule has 2 nitrogen and oxygen atoms in total. The van der Waals surface area contributed by atoms with Crippen LogP contribution in [-0.2, 0) is 4.74 Å². The van der Waals surface area contributed by atoms with Crippen LogP contribution in [0.1, 0.15) is 38.5 Å². The molecule has 0 aromatic heterocycles. The molecule has 2 aliphatic rings. The number of hydrogen-bond acceptors (Lipinski definition) is 2. The largest absolute Gasteiger partial charge is 0.381 e. The van der Waals surface area contributed by atoms with E-state index in [2.05, 4.69) is 5.32 Å². The van der Waals surface area contributed by atoms with Gasteiger partial charge < -0.3 is 10.1 Å². The Morgan fingerprint density at radius 2 is 1.64 bits per heavy atom. The van der Waals surface area contributed by atoms with Crippen LogP contribution in [0.5, 0.6) is 0 Å². The van der Waals surface area contributed by atoms with E-state index in [1.165, 1.54) is 51.6 Å². The van der Waals surface area contributed by atoms with E-state index < -0.39 is 0 Å². The Morgan fingerprint density at radius 1 is 0.929 bits per heavy atom. The van der Waals surface area contributed by atoms with Gasteiger partial charge in [-0.3, -0.25) is 0 Å². The van der Waals surface area contributed by atoms with Crippen molar-refractivity contribution in [3.05, 3.63) is 0 Å². The zero-order valence-electron chi connectivity index (χ0n) is 9.13. The molecule has 1 N–H and O–H groups in total. The SMILES string of the molecule is C1CCC(CNCC2CCCOC2)C1. The van der Waals surface area contributed by atoms with Gasteiger partial charge in [0.05, 0.1) is 6.61 Å². The van der Waals surface area contributed by atoms with E-state index in [1.807, 2.05) is 0 Å². The van der Waals surface area contributed by atoms with Crippen molar-refractivity contribution in [3.63, 3.8) is 0 Å². The average Bonchev–Trinajstić information content (AvgIpc) is 2.72. The minimum atomic E-state index is 0.783. The molecule has 0 aromatic rings. The quantitative estimate of drug-likeness (QED) is 0.746. The summed E-state index contributed by atoms with van der Waals surface area (Å²) in [4.78, 5) is 0. The van der Waals surface area contributed by atoms with Crippen molar-refractivity contribution in [2.45, 2.75) is 38.5 Å². The first-order valence-corrected chi connectivity index (χ1v) is 6.23. The molecule has 2 fully saturated rings. The molecular formula is C12H23NO. The Morgan fingerprint density at radius 3 is 2.36 bits per heavy atom. The highest BCUT2D eigenvalue weighted by atomic mass is 16.5. The molecule has 1 unspecified atom stereocenters. The van der Waals surface area contributed by atoms with Gasteiger partial charge in [0.1, 0.15) is 0 Å². The minimum absolute atomic E-state index is 0.783. The third kappa shape index (κ3) is 3.25.